The zero-order valence-electron chi connectivity index (χ0n) is 24.5. The molecule has 3 unspecified atom stereocenters. The third-order valence-electron chi connectivity index (χ3n) is 9.34. The van der Waals surface area contributed by atoms with Crippen LogP contribution in [-0.4, -0.2) is 44.5 Å². The molecule has 1 aliphatic heterocycles. The van der Waals surface area contributed by atoms with Crippen molar-refractivity contribution in [2.24, 2.45) is 10.9 Å². The number of aliphatic carboxylic acids is 2. The number of benzene rings is 2. The van der Waals surface area contributed by atoms with Crippen molar-refractivity contribution in [1.29, 1.82) is 0 Å². The van der Waals surface area contributed by atoms with E-state index >= 15 is 0 Å². The summed E-state index contributed by atoms with van der Waals surface area (Å²) in [6.45, 7) is 6.66. The second-order valence-corrected chi connectivity index (χ2v) is 11.6. The number of carboxylic acid groups (broad SMARTS) is 2. The summed E-state index contributed by atoms with van der Waals surface area (Å²) >= 11 is 0. The van der Waals surface area contributed by atoms with Gasteiger partial charge in [0.2, 0.25) is 0 Å². The molecule has 0 bridgehead atoms. The molecule has 0 spiro atoms. The van der Waals surface area contributed by atoms with Crippen LogP contribution in [0.15, 0.2) is 70.9 Å². The summed E-state index contributed by atoms with van der Waals surface area (Å²) in [5.74, 6) is -3.92. The average molecular weight is 585 g/mol. The van der Waals surface area contributed by atoms with Crippen LogP contribution in [0.25, 0.3) is 0 Å². The van der Waals surface area contributed by atoms with E-state index in [-0.39, 0.29) is 35.7 Å². The van der Waals surface area contributed by atoms with Crippen molar-refractivity contribution in [2.45, 2.75) is 95.8 Å². The molecule has 1 fully saturated rings. The van der Waals surface area contributed by atoms with Gasteiger partial charge >= 0.3 is 18.1 Å². The Morgan fingerprint density at radius 2 is 1.55 bits per heavy atom. The van der Waals surface area contributed by atoms with Crippen LogP contribution in [0.2, 0.25) is 0 Å². The fourth-order valence-corrected chi connectivity index (χ4v) is 7.42. The quantitative estimate of drug-likeness (QED) is 0.257. The fraction of sp³-hybridized carbons (Fsp3) is 0.485. The van der Waals surface area contributed by atoms with Crippen molar-refractivity contribution in [3.05, 3.63) is 82.6 Å². The van der Waals surface area contributed by atoms with E-state index in [0.717, 1.165) is 38.2 Å². The van der Waals surface area contributed by atoms with Gasteiger partial charge in [-0.15, -0.1) is 0 Å². The van der Waals surface area contributed by atoms with Gasteiger partial charge in [0.05, 0.1) is 28.6 Å². The van der Waals surface area contributed by atoms with E-state index in [4.69, 9.17) is 4.99 Å². The summed E-state index contributed by atoms with van der Waals surface area (Å²) in [7, 11) is 0. The number of halogens is 3. The van der Waals surface area contributed by atoms with Crippen LogP contribution < -0.4 is 0 Å². The Balaban J connectivity index is 2.16. The topological polar surface area (TPSA) is 90.2 Å². The van der Waals surface area contributed by atoms with Gasteiger partial charge in [0.25, 0.3) is 0 Å². The Bertz CT molecular complexity index is 1380. The molecule has 0 aromatic heterocycles. The third kappa shape index (κ3) is 5.22. The highest BCUT2D eigenvalue weighted by molar-refractivity contribution is 6.03. The molecule has 0 radical (unpaired) electrons. The van der Waals surface area contributed by atoms with E-state index in [0.29, 0.717) is 11.4 Å². The lowest BCUT2D eigenvalue weighted by Crippen LogP contribution is -2.66. The molecule has 2 aliphatic rings. The standard InChI is InChI=1S/C33H39F3N2O4/c1-5-31(4)27(30(41)42)32(6-2,24-19-13-14-20-25(24)33(34,35)36)26(29(39)40)21(3)38(31)28(22-15-9-7-10-16-22)37-23-17-11-8-12-18-23/h7,9-10,13-16,19-20,23,27H,5-6,8,11-12,17-18H2,1-4H3,(H,39,40)(H,41,42). The first-order chi connectivity index (χ1) is 19.8. The zero-order chi connectivity index (χ0) is 30.9. The first kappa shape index (κ1) is 31.3. The predicted molar refractivity (Wildman–Crippen MR) is 155 cm³/mol. The van der Waals surface area contributed by atoms with Crippen LogP contribution in [0.4, 0.5) is 13.2 Å². The van der Waals surface area contributed by atoms with Crippen LogP contribution >= 0.6 is 0 Å². The molecule has 0 saturated heterocycles. The molecule has 2 aromatic carbocycles. The minimum absolute atomic E-state index is 0.0387. The Morgan fingerprint density at radius 3 is 2.07 bits per heavy atom. The highest BCUT2D eigenvalue weighted by Gasteiger charge is 2.64. The maximum absolute atomic E-state index is 14.5. The minimum atomic E-state index is -4.82. The first-order valence-corrected chi connectivity index (χ1v) is 14.6. The summed E-state index contributed by atoms with van der Waals surface area (Å²) in [6.07, 6.45) is 0.0214. The Hall–Kier alpha value is -3.62. The zero-order valence-corrected chi connectivity index (χ0v) is 24.5. The van der Waals surface area contributed by atoms with Crippen molar-refractivity contribution in [3.8, 4) is 0 Å². The number of alkyl halides is 3. The number of nitrogens with zero attached hydrogens (tertiary/aromatic N) is 2. The molecule has 1 aliphatic carbocycles. The number of carboxylic acids is 2. The van der Waals surface area contributed by atoms with Gasteiger partial charge in [-0.2, -0.15) is 13.2 Å². The smallest absolute Gasteiger partial charge is 0.416 e. The van der Waals surface area contributed by atoms with Gasteiger partial charge < -0.3 is 15.1 Å². The fourth-order valence-electron chi connectivity index (χ4n) is 7.42. The maximum atomic E-state index is 14.5. The maximum Gasteiger partial charge on any atom is 0.416 e. The van der Waals surface area contributed by atoms with Crippen LogP contribution in [0, 0.1) is 5.92 Å². The van der Waals surface area contributed by atoms with Gasteiger partial charge in [-0.25, -0.2) is 4.79 Å². The lowest BCUT2D eigenvalue weighted by atomic mass is 9.53. The van der Waals surface area contributed by atoms with Crippen molar-refractivity contribution in [3.63, 3.8) is 0 Å². The van der Waals surface area contributed by atoms with E-state index in [1.54, 1.807) is 32.6 Å². The van der Waals surface area contributed by atoms with Gasteiger partial charge in [-0.05, 0) is 51.2 Å². The van der Waals surface area contributed by atoms with Crippen LogP contribution in [0.3, 0.4) is 0 Å². The SMILES string of the molecule is CCC1(c2ccccc2C(F)(F)F)C(C(=O)O)=C(C)N(C(=NC2CCCCC2)c2ccccc2)C(C)(CC)C1C(=O)O. The third-order valence-corrected chi connectivity index (χ3v) is 9.34. The number of hydrogen-bond acceptors (Lipinski definition) is 3. The number of amidine groups is 1. The molecule has 1 heterocycles. The minimum Gasteiger partial charge on any atom is -0.481 e. The Labute approximate surface area is 245 Å². The van der Waals surface area contributed by atoms with E-state index < -0.39 is 40.6 Å². The monoisotopic (exact) mass is 584 g/mol. The summed E-state index contributed by atoms with van der Waals surface area (Å²) in [5.41, 5.74) is -4.16. The molecule has 226 valence electrons. The Morgan fingerprint density at radius 1 is 0.952 bits per heavy atom. The van der Waals surface area contributed by atoms with Crippen LogP contribution in [0.5, 0.6) is 0 Å². The lowest BCUT2D eigenvalue weighted by molar-refractivity contribution is -0.154. The van der Waals surface area contributed by atoms with E-state index in [1.165, 1.54) is 18.2 Å². The molecule has 0 amide bonds. The normalized spacial score (nSPS) is 25.9. The van der Waals surface area contributed by atoms with Gasteiger partial charge in [0.1, 0.15) is 5.84 Å². The van der Waals surface area contributed by atoms with Crippen molar-refractivity contribution >= 4 is 17.8 Å². The summed E-state index contributed by atoms with van der Waals surface area (Å²) < 4.78 is 43.5. The Kier molecular flexibility index (Phi) is 8.90. The number of aliphatic imine (C=N–C) groups is 1. The highest BCUT2D eigenvalue weighted by Crippen LogP contribution is 2.57. The predicted octanol–water partition coefficient (Wildman–Crippen LogP) is 7.68. The molecular weight excluding hydrogens is 545 g/mol. The van der Waals surface area contributed by atoms with Gasteiger partial charge in [-0.1, -0.05) is 81.6 Å². The largest absolute Gasteiger partial charge is 0.481 e. The summed E-state index contributed by atoms with van der Waals surface area (Å²) in [4.78, 5) is 33.5. The molecule has 2 N–H and O–H groups in total. The van der Waals surface area contributed by atoms with Crippen molar-refractivity contribution < 1.29 is 33.0 Å². The first-order valence-electron chi connectivity index (χ1n) is 14.6. The summed E-state index contributed by atoms with van der Waals surface area (Å²) in [5, 5.41) is 21.7. The van der Waals surface area contributed by atoms with Gasteiger partial charge in [-0.3, -0.25) is 9.79 Å². The van der Waals surface area contributed by atoms with Crippen molar-refractivity contribution in [1.82, 2.24) is 4.90 Å². The molecule has 6 nitrogen and oxygen atoms in total. The molecular formula is C33H39F3N2O4. The molecule has 1 saturated carbocycles. The van der Waals surface area contributed by atoms with Gasteiger partial charge in [0, 0.05) is 16.7 Å². The van der Waals surface area contributed by atoms with Crippen LogP contribution in [0.1, 0.15) is 89.3 Å². The molecule has 4 rings (SSSR count). The van der Waals surface area contributed by atoms with Gasteiger partial charge in [0.15, 0.2) is 0 Å². The average Bonchev–Trinajstić information content (AvgIpc) is 2.96. The van der Waals surface area contributed by atoms with E-state index in [2.05, 4.69) is 0 Å². The highest BCUT2D eigenvalue weighted by atomic mass is 19.4. The lowest BCUT2D eigenvalue weighted by Gasteiger charge is -2.58. The summed E-state index contributed by atoms with van der Waals surface area (Å²) in [6, 6.07) is 14.0. The van der Waals surface area contributed by atoms with Crippen molar-refractivity contribution in [2.75, 3.05) is 0 Å². The van der Waals surface area contributed by atoms with E-state index in [9.17, 15) is 33.0 Å². The number of carbonyl (C=O) groups is 2. The second kappa shape index (κ2) is 11.9. The van der Waals surface area contributed by atoms with Crippen LogP contribution in [-0.2, 0) is 21.2 Å². The number of hydrogen-bond donors (Lipinski definition) is 2. The molecule has 9 heteroatoms. The van der Waals surface area contributed by atoms with E-state index in [1.807, 2.05) is 30.3 Å². The molecule has 3 atom stereocenters. The number of allylic oxidation sites excluding steroid dienone is 1. The molecule has 42 heavy (non-hydrogen) atoms. The molecule has 2 aromatic rings. The number of rotatable bonds is 7. The second-order valence-electron chi connectivity index (χ2n) is 11.6.